The molecule has 1 aliphatic heterocycles. The van der Waals surface area contributed by atoms with Crippen molar-refractivity contribution in [3.05, 3.63) is 35.6 Å². The molecule has 8 heteroatoms. The molecule has 2 aromatic heterocycles. The van der Waals surface area contributed by atoms with Gasteiger partial charge in [-0.25, -0.2) is 4.98 Å². The van der Waals surface area contributed by atoms with E-state index in [2.05, 4.69) is 20.3 Å². The number of aromatic hydroxyl groups is 1. The fourth-order valence-corrected chi connectivity index (χ4v) is 2.94. The summed E-state index contributed by atoms with van der Waals surface area (Å²) >= 11 is 5.90. The zero-order valence-electron chi connectivity index (χ0n) is 12.8. The number of benzene rings is 1. The lowest BCUT2D eigenvalue weighted by molar-refractivity contribution is -0.0298. The standard InChI is InChI=1S/C16H16ClN5O2/c17-10-4-6-11(7-5-10)19-14-13-15(21-16(23)20-14)22(9-18-13)12-3-1-2-8-24-12/h4-7,9,12H,1-3,8H2,(H2,19,20,21,23). The van der Waals surface area contributed by atoms with Gasteiger partial charge in [-0.15, -0.1) is 0 Å². The maximum atomic E-state index is 9.91. The summed E-state index contributed by atoms with van der Waals surface area (Å²) in [6.07, 6.45) is 4.63. The van der Waals surface area contributed by atoms with Gasteiger partial charge in [0, 0.05) is 17.3 Å². The number of halogens is 1. The molecule has 0 spiro atoms. The fraction of sp³-hybridized carbons (Fsp3) is 0.312. The molecule has 1 aromatic carbocycles. The van der Waals surface area contributed by atoms with E-state index in [0.29, 0.717) is 22.0 Å². The number of anilines is 2. The fourth-order valence-electron chi connectivity index (χ4n) is 2.82. The third kappa shape index (κ3) is 2.88. The van der Waals surface area contributed by atoms with E-state index in [-0.39, 0.29) is 12.2 Å². The van der Waals surface area contributed by atoms with Crippen molar-refractivity contribution >= 4 is 34.3 Å². The van der Waals surface area contributed by atoms with Crippen LogP contribution >= 0.6 is 11.6 Å². The van der Waals surface area contributed by atoms with Crippen LogP contribution in [-0.4, -0.2) is 31.2 Å². The maximum Gasteiger partial charge on any atom is 0.318 e. The van der Waals surface area contributed by atoms with Crippen LogP contribution in [0.3, 0.4) is 0 Å². The summed E-state index contributed by atoms with van der Waals surface area (Å²) in [5.74, 6) is 0.439. The van der Waals surface area contributed by atoms with Gasteiger partial charge in [0.25, 0.3) is 0 Å². The summed E-state index contributed by atoms with van der Waals surface area (Å²) in [6, 6.07) is 6.90. The third-order valence-corrected chi connectivity index (χ3v) is 4.23. The quantitative estimate of drug-likeness (QED) is 0.754. The second-order valence-electron chi connectivity index (χ2n) is 5.65. The highest BCUT2D eigenvalue weighted by Crippen LogP contribution is 2.30. The van der Waals surface area contributed by atoms with Crippen molar-refractivity contribution in [3.63, 3.8) is 0 Å². The Morgan fingerprint density at radius 1 is 1.21 bits per heavy atom. The minimum Gasteiger partial charge on any atom is -0.479 e. The number of nitrogens with zero attached hydrogens (tertiary/aromatic N) is 4. The molecule has 1 aliphatic rings. The molecule has 0 bridgehead atoms. The lowest BCUT2D eigenvalue weighted by atomic mass is 10.2. The molecule has 1 fully saturated rings. The van der Waals surface area contributed by atoms with Gasteiger partial charge in [0.2, 0.25) is 0 Å². The normalized spacial score (nSPS) is 18.0. The zero-order chi connectivity index (χ0) is 16.5. The SMILES string of the molecule is Oc1nc(Nc2ccc(Cl)cc2)c2ncn(C3CCCCO3)c2n1. The van der Waals surface area contributed by atoms with Crippen LogP contribution in [0.15, 0.2) is 30.6 Å². The van der Waals surface area contributed by atoms with E-state index < -0.39 is 0 Å². The first-order chi connectivity index (χ1) is 11.7. The molecule has 2 N–H and O–H groups in total. The molecule has 4 rings (SSSR count). The van der Waals surface area contributed by atoms with Crippen molar-refractivity contribution in [2.75, 3.05) is 11.9 Å². The van der Waals surface area contributed by atoms with Gasteiger partial charge >= 0.3 is 6.01 Å². The van der Waals surface area contributed by atoms with Crippen molar-refractivity contribution in [1.82, 2.24) is 19.5 Å². The van der Waals surface area contributed by atoms with E-state index in [0.717, 1.165) is 31.6 Å². The second-order valence-corrected chi connectivity index (χ2v) is 6.09. The highest BCUT2D eigenvalue weighted by Gasteiger charge is 2.21. The number of aromatic nitrogens is 4. The number of hydrogen-bond acceptors (Lipinski definition) is 6. The molecular formula is C16H16ClN5O2. The predicted octanol–water partition coefficient (Wildman–Crippen LogP) is 3.63. The van der Waals surface area contributed by atoms with Crippen molar-refractivity contribution in [1.29, 1.82) is 0 Å². The number of imidazole rings is 1. The van der Waals surface area contributed by atoms with Crippen LogP contribution in [0, 0.1) is 0 Å². The summed E-state index contributed by atoms with van der Waals surface area (Å²) < 4.78 is 7.64. The molecule has 1 saturated heterocycles. The van der Waals surface area contributed by atoms with E-state index >= 15 is 0 Å². The van der Waals surface area contributed by atoms with Crippen molar-refractivity contribution in [2.24, 2.45) is 0 Å². The lowest BCUT2D eigenvalue weighted by Gasteiger charge is -2.23. The summed E-state index contributed by atoms with van der Waals surface area (Å²) in [7, 11) is 0. The molecule has 3 aromatic rings. The molecule has 0 radical (unpaired) electrons. The van der Waals surface area contributed by atoms with E-state index in [9.17, 15) is 5.11 Å². The smallest absolute Gasteiger partial charge is 0.318 e. The number of rotatable bonds is 3. The minimum absolute atomic E-state index is 0.110. The molecule has 0 amide bonds. The summed E-state index contributed by atoms with van der Waals surface area (Å²) in [4.78, 5) is 12.6. The average molecular weight is 346 g/mol. The first kappa shape index (κ1) is 15.2. The number of fused-ring (bicyclic) bond motifs is 1. The van der Waals surface area contributed by atoms with Gasteiger partial charge in [-0.05, 0) is 43.5 Å². The Morgan fingerprint density at radius 2 is 2.04 bits per heavy atom. The Bertz CT molecular complexity index is 859. The topological polar surface area (TPSA) is 85.1 Å². The van der Waals surface area contributed by atoms with Crippen LogP contribution in [0.25, 0.3) is 11.2 Å². The van der Waals surface area contributed by atoms with Crippen LogP contribution in [0.5, 0.6) is 6.01 Å². The van der Waals surface area contributed by atoms with Gasteiger partial charge in [-0.2, -0.15) is 9.97 Å². The van der Waals surface area contributed by atoms with E-state index in [4.69, 9.17) is 16.3 Å². The molecule has 7 nitrogen and oxygen atoms in total. The van der Waals surface area contributed by atoms with Crippen LogP contribution in [0.2, 0.25) is 5.02 Å². The largest absolute Gasteiger partial charge is 0.479 e. The molecule has 0 saturated carbocycles. The summed E-state index contributed by atoms with van der Waals surface area (Å²) in [6.45, 7) is 0.720. The number of nitrogens with one attached hydrogen (secondary N) is 1. The molecule has 3 heterocycles. The Kier molecular flexibility index (Phi) is 3.95. The number of hydrogen-bond donors (Lipinski definition) is 2. The monoisotopic (exact) mass is 345 g/mol. The van der Waals surface area contributed by atoms with E-state index in [1.54, 1.807) is 18.5 Å². The average Bonchev–Trinajstić information content (AvgIpc) is 3.01. The number of ether oxygens (including phenoxy) is 1. The molecular weight excluding hydrogens is 330 g/mol. The van der Waals surface area contributed by atoms with Gasteiger partial charge in [0.1, 0.15) is 6.23 Å². The molecule has 124 valence electrons. The van der Waals surface area contributed by atoms with Crippen molar-refractivity contribution in [2.45, 2.75) is 25.5 Å². The minimum atomic E-state index is -0.309. The van der Waals surface area contributed by atoms with Gasteiger partial charge in [0.05, 0.1) is 6.33 Å². The Balaban J connectivity index is 1.73. The first-order valence-electron chi connectivity index (χ1n) is 7.78. The van der Waals surface area contributed by atoms with Crippen molar-refractivity contribution < 1.29 is 9.84 Å². The van der Waals surface area contributed by atoms with Crippen LogP contribution < -0.4 is 5.32 Å². The molecule has 1 unspecified atom stereocenters. The molecule has 0 aliphatic carbocycles. The first-order valence-corrected chi connectivity index (χ1v) is 8.16. The zero-order valence-corrected chi connectivity index (χ0v) is 13.6. The highest BCUT2D eigenvalue weighted by molar-refractivity contribution is 6.30. The summed E-state index contributed by atoms with van der Waals surface area (Å²) in [5.41, 5.74) is 1.92. The Hall–Kier alpha value is -2.38. The van der Waals surface area contributed by atoms with Gasteiger partial charge in [0.15, 0.2) is 17.0 Å². The molecule has 24 heavy (non-hydrogen) atoms. The maximum absolute atomic E-state index is 9.91. The predicted molar refractivity (Wildman–Crippen MR) is 90.6 cm³/mol. The second kappa shape index (κ2) is 6.26. The Labute approximate surface area is 143 Å². The van der Waals surface area contributed by atoms with E-state index in [1.807, 2.05) is 16.7 Å². The van der Waals surface area contributed by atoms with E-state index in [1.165, 1.54) is 0 Å². The van der Waals surface area contributed by atoms with Gasteiger partial charge in [-0.1, -0.05) is 11.6 Å². The van der Waals surface area contributed by atoms with Crippen LogP contribution in [-0.2, 0) is 4.74 Å². The van der Waals surface area contributed by atoms with Crippen LogP contribution in [0.4, 0.5) is 11.5 Å². The van der Waals surface area contributed by atoms with Crippen LogP contribution in [0.1, 0.15) is 25.5 Å². The summed E-state index contributed by atoms with van der Waals surface area (Å²) in [5, 5.41) is 13.7. The molecule has 1 atom stereocenters. The van der Waals surface area contributed by atoms with Gasteiger partial charge < -0.3 is 15.2 Å². The Morgan fingerprint density at radius 3 is 2.79 bits per heavy atom. The highest BCUT2D eigenvalue weighted by atomic mass is 35.5. The van der Waals surface area contributed by atoms with Crippen molar-refractivity contribution in [3.8, 4) is 6.01 Å². The lowest BCUT2D eigenvalue weighted by Crippen LogP contribution is -2.17. The van der Waals surface area contributed by atoms with Gasteiger partial charge in [-0.3, -0.25) is 4.57 Å². The third-order valence-electron chi connectivity index (χ3n) is 3.98.